The second kappa shape index (κ2) is 4.95. The Hall–Kier alpha value is -0.980. The van der Waals surface area contributed by atoms with Gasteiger partial charge in [-0.25, -0.2) is 0 Å². The number of hydrogen-bond donors (Lipinski definition) is 2. The smallest absolute Gasteiger partial charge is 0.126 e. The number of aromatic amines is 1. The van der Waals surface area contributed by atoms with Crippen LogP contribution in [-0.2, 0) is 4.74 Å². The standard InChI is InChI=1S/C12H12BrN3OS/c13-10-3-7(9-4-15-16-12(9)14)1-2-11(10)18-8-5-17-6-8/h1-4,8H,5-6H2,(H3,14,15,16). The zero-order valence-electron chi connectivity index (χ0n) is 9.52. The fourth-order valence-corrected chi connectivity index (χ4v) is 3.42. The molecule has 0 saturated carbocycles. The second-order valence-corrected chi connectivity index (χ2v) is 6.32. The molecule has 0 bridgehead atoms. The molecule has 1 aromatic heterocycles. The Balaban J connectivity index is 1.86. The van der Waals surface area contributed by atoms with Crippen LogP contribution in [0.3, 0.4) is 0 Å². The third-order valence-electron chi connectivity index (χ3n) is 2.81. The first-order valence-electron chi connectivity index (χ1n) is 5.57. The van der Waals surface area contributed by atoms with Gasteiger partial charge in [0.1, 0.15) is 5.82 Å². The minimum absolute atomic E-state index is 0.575. The Morgan fingerprint density at radius 3 is 2.83 bits per heavy atom. The van der Waals surface area contributed by atoms with Crippen LogP contribution < -0.4 is 5.73 Å². The number of ether oxygens (including phenoxy) is 1. The van der Waals surface area contributed by atoms with E-state index in [-0.39, 0.29) is 0 Å². The number of halogens is 1. The zero-order valence-corrected chi connectivity index (χ0v) is 11.9. The first-order valence-corrected chi connectivity index (χ1v) is 7.24. The molecule has 0 atom stereocenters. The van der Waals surface area contributed by atoms with Gasteiger partial charge in [0, 0.05) is 14.9 Å². The summed E-state index contributed by atoms with van der Waals surface area (Å²) in [6.45, 7) is 1.68. The fourth-order valence-electron chi connectivity index (χ4n) is 1.75. The van der Waals surface area contributed by atoms with E-state index in [9.17, 15) is 0 Å². The molecule has 6 heteroatoms. The maximum Gasteiger partial charge on any atom is 0.126 e. The summed E-state index contributed by atoms with van der Waals surface area (Å²) < 4.78 is 6.26. The van der Waals surface area contributed by atoms with E-state index in [0.717, 1.165) is 28.8 Å². The quantitative estimate of drug-likeness (QED) is 0.910. The van der Waals surface area contributed by atoms with Crippen LogP contribution in [0.5, 0.6) is 0 Å². The predicted molar refractivity (Wildman–Crippen MR) is 76.6 cm³/mol. The predicted octanol–water partition coefficient (Wildman–Crippen LogP) is 2.91. The molecule has 1 fully saturated rings. The van der Waals surface area contributed by atoms with Crippen molar-refractivity contribution in [1.29, 1.82) is 0 Å². The highest BCUT2D eigenvalue weighted by Crippen LogP contribution is 2.36. The van der Waals surface area contributed by atoms with Crippen molar-refractivity contribution < 1.29 is 4.74 Å². The van der Waals surface area contributed by atoms with Crippen molar-refractivity contribution in [2.75, 3.05) is 18.9 Å². The van der Waals surface area contributed by atoms with Crippen molar-refractivity contribution in [3.63, 3.8) is 0 Å². The number of hydrogen-bond acceptors (Lipinski definition) is 4. The van der Waals surface area contributed by atoms with Crippen LogP contribution >= 0.6 is 27.7 Å². The lowest BCUT2D eigenvalue weighted by atomic mass is 10.1. The SMILES string of the molecule is Nc1[nH]ncc1-c1ccc(SC2COC2)c(Br)c1. The summed E-state index contributed by atoms with van der Waals surface area (Å²) in [5.74, 6) is 0.592. The molecule has 1 aromatic carbocycles. The lowest BCUT2D eigenvalue weighted by Gasteiger charge is -2.25. The molecule has 0 unspecified atom stereocenters. The van der Waals surface area contributed by atoms with E-state index in [1.807, 2.05) is 11.8 Å². The number of rotatable bonds is 3. The second-order valence-electron chi connectivity index (χ2n) is 4.12. The van der Waals surface area contributed by atoms with Crippen LogP contribution in [0.25, 0.3) is 11.1 Å². The minimum Gasteiger partial charge on any atom is -0.384 e. The van der Waals surface area contributed by atoms with Crippen molar-refractivity contribution in [2.24, 2.45) is 0 Å². The molecule has 0 aliphatic carbocycles. The summed E-state index contributed by atoms with van der Waals surface area (Å²) in [5, 5.41) is 7.25. The topological polar surface area (TPSA) is 63.9 Å². The first kappa shape index (κ1) is 12.1. The van der Waals surface area contributed by atoms with E-state index in [1.54, 1.807) is 6.20 Å². The van der Waals surface area contributed by atoms with Gasteiger partial charge in [-0.1, -0.05) is 6.07 Å². The van der Waals surface area contributed by atoms with Crippen LogP contribution in [0.4, 0.5) is 5.82 Å². The third-order valence-corrected chi connectivity index (χ3v) is 4.95. The summed E-state index contributed by atoms with van der Waals surface area (Å²) in [6.07, 6.45) is 1.74. The number of thioether (sulfide) groups is 1. The molecule has 1 saturated heterocycles. The average molecular weight is 326 g/mol. The largest absolute Gasteiger partial charge is 0.384 e. The Labute approximate surface area is 117 Å². The van der Waals surface area contributed by atoms with E-state index in [1.165, 1.54) is 4.90 Å². The number of nitrogens with zero attached hydrogens (tertiary/aromatic N) is 1. The summed E-state index contributed by atoms with van der Waals surface area (Å²) in [4.78, 5) is 1.23. The lowest BCUT2D eigenvalue weighted by Crippen LogP contribution is -2.30. The molecule has 1 aliphatic heterocycles. The number of nitrogens with one attached hydrogen (secondary N) is 1. The Morgan fingerprint density at radius 1 is 1.44 bits per heavy atom. The van der Waals surface area contributed by atoms with E-state index in [0.29, 0.717) is 11.1 Å². The van der Waals surface area contributed by atoms with Crippen molar-refractivity contribution in [1.82, 2.24) is 10.2 Å². The molecular formula is C12H12BrN3OS. The molecule has 1 aliphatic rings. The maximum atomic E-state index is 5.82. The number of nitrogens with two attached hydrogens (primary N) is 1. The average Bonchev–Trinajstić information content (AvgIpc) is 2.71. The highest BCUT2D eigenvalue weighted by Gasteiger charge is 2.20. The van der Waals surface area contributed by atoms with E-state index >= 15 is 0 Å². The Morgan fingerprint density at radius 2 is 2.28 bits per heavy atom. The van der Waals surface area contributed by atoms with Gasteiger partial charge in [0.15, 0.2) is 0 Å². The number of benzene rings is 1. The van der Waals surface area contributed by atoms with Crippen LogP contribution in [0, 0.1) is 0 Å². The molecule has 2 heterocycles. The van der Waals surface area contributed by atoms with Gasteiger partial charge in [-0.2, -0.15) is 5.10 Å². The van der Waals surface area contributed by atoms with Gasteiger partial charge in [0.05, 0.1) is 24.7 Å². The fraction of sp³-hybridized carbons (Fsp3) is 0.250. The number of aromatic nitrogens is 2. The van der Waals surface area contributed by atoms with Gasteiger partial charge >= 0.3 is 0 Å². The Kier molecular flexibility index (Phi) is 3.32. The number of anilines is 1. The van der Waals surface area contributed by atoms with Crippen molar-refractivity contribution in [3.05, 3.63) is 28.9 Å². The van der Waals surface area contributed by atoms with Crippen LogP contribution in [0.1, 0.15) is 0 Å². The highest BCUT2D eigenvalue weighted by molar-refractivity contribution is 9.10. The molecule has 0 radical (unpaired) electrons. The van der Waals surface area contributed by atoms with E-state index in [2.05, 4.69) is 44.3 Å². The summed E-state index contributed by atoms with van der Waals surface area (Å²) in [7, 11) is 0. The monoisotopic (exact) mass is 325 g/mol. The van der Waals surface area contributed by atoms with Gasteiger partial charge in [0.2, 0.25) is 0 Å². The Bertz CT molecular complexity index is 568. The number of H-pyrrole nitrogens is 1. The van der Waals surface area contributed by atoms with Crippen LogP contribution in [0.2, 0.25) is 0 Å². The molecule has 3 N–H and O–H groups in total. The summed E-state index contributed by atoms with van der Waals surface area (Å²) in [5.41, 5.74) is 7.80. The zero-order chi connectivity index (χ0) is 12.5. The molecule has 0 amide bonds. The van der Waals surface area contributed by atoms with Crippen molar-refractivity contribution >= 4 is 33.5 Å². The van der Waals surface area contributed by atoms with Gasteiger partial charge in [-0.05, 0) is 33.6 Å². The molecule has 2 aromatic rings. The van der Waals surface area contributed by atoms with Gasteiger partial charge in [0.25, 0.3) is 0 Å². The van der Waals surface area contributed by atoms with Crippen LogP contribution in [0.15, 0.2) is 33.8 Å². The van der Waals surface area contributed by atoms with E-state index < -0.39 is 0 Å². The molecule has 18 heavy (non-hydrogen) atoms. The van der Waals surface area contributed by atoms with Gasteiger partial charge in [-0.15, -0.1) is 11.8 Å². The maximum absolute atomic E-state index is 5.82. The highest BCUT2D eigenvalue weighted by atomic mass is 79.9. The van der Waals surface area contributed by atoms with Gasteiger partial charge in [-0.3, -0.25) is 5.10 Å². The molecule has 4 nitrogen and oxygen atoms in total. The number of nitrogen functional groups attached to an aromatic ring is 1. The summed E-state index contributed by atoms with van der Waals surface area (Å²) >= 11 is 5.45. The minimum atomic E-state index is 0.575. The first-order chi connectivity index (χ1) is 8.74. The van der Waals surface area contributed by atoms with E-state index in [4.69, 9.17) is 10.5 Å². The van der Waals surface area contributed by atoms with Crippen molar-refractivity contribution in [3.8, 4) is 11.1 Å². The molecule has 94 valence electrons. The van der Waals surface area contributed by atoms with Gasteiger partial charge < -0.3 is 10.5 Å². The van der Waals surface area contributed by atoms with Crippen LogP contribution in [-0.4, -0.2) is 28.7 Å². The summed E-state index contributed by atoms with van der Waals surface area (Å²) in [6, 6.07) is 6.24. The lowest BCUT2D eigenvalue weighted by molar-refractivity contribution is 0.0455. The molecule has 3 rings (SSSR count). The van der Waals surface area contributed by atoms with Crippen molar-refractivity contribution in [2.45, 2.75) is 10.1 Å². The molecule has 0 spiro atoms. The molecular weight excluding hydrogens is 314 g/mol. The third kappa shape index (κ3) is 2.28. The normalized spacial score (nSPS) is 15.6.